The molecule has 1 rings (SSSR count). The fourth-order valence-corrected chi connectivity index (χ4v) is 1.80. The van der Waals surface area contributed by atoms with Crippen LogP contribution in [0.15, 0.2) is 18.2 Å². The van der Waals surface area contributed by atoms with Crippen molar-refractivity contribution in [2.45, 2.75) is 52.2 Å². The summed E-state index contributed by atoms with van der Waals surface area (Å²) in [4.78, 5) is 11.9. The van der Waals surface area contributed by atoms with Gasteiger partial charge in [-0.15, -0.1) is 0 Å². The quantitative estimate of drug-likeness (QED) is 0.874. The molecule has 1 atom stereocenters. The molecule has 0 aliphatic rings. The van der Waals surface area contributed by atoms with Gasteiger partial charge < -0.3 is 14.6 Å². The molecule has 0 saturated carbocycles. The molecule has 1 amide bonds. The Morgan fingerprint density at radius 3 is 2.57 bits per heavy atom. The van der Waals surface area contributed by atoms with Crippen LogP contribution in [0, 0.1) is 0 Å². The lowest BCUT2D eigenvalue weighted by Crippen LogP contribution is -2.27. The van der Waals surface area contributed by atoms with E-state index >= 15 is 0 Å². The van der Waals surface area contributed by atoms with E-state index in [0.29, 0.717) is 24.3 Å². The number of nitrogens with one attached hydrogen (secondary N) is 1. The maximum atomic E-state index is 11.9. The number of amides is 1. The zero-order valence-electron chi connectivity index (χ0n) is 13.4. The van der Waals surface area contributed by atoms with Crippen molar-refractivity contribution >= 4 is 11.8 Å². The number of anilines is 1. The maximum absolute atomic E-state index is 11.9. The van der Waals surface area contributed by atoms with E-state index in [4.69, 9.17) is 9.47 Å². The van der Waals surface area contributed by atoms with E-state index in [2.05, 4.69) is 5.32 Å². The second-order valence-electron chi connectivity index (χ2n) is 6.04. The summed E-state index contributed by atoms with van der Waals surface area (Å²) in [7, 11) is 1.59. The zero-order chi connectivity index (χ0) is 16.0. The van der Waals surface area contributed by atoms with E-state index < -0.39 is 17.8 Å². The molecule has 0 aromatic heterocycles. The van der Waals surface area contributed by atoms with Crippen LogP contribution in [0.5, 0.6) is 5.75 Å². The zero-order valence-corrected chi connectivity index (χ0v) is 13.4. The number of hydrogen-bond acceptors (Lipinski definition) is 4. The van der Waals surface area contributed by atoms with Gasteiger partial charge in [0.1, 0.15) is 11.4 Å². The summed E-state index contributed by atoms with van der Waals surface area (Å²) >= 11 is 0. The Hall–Kier alpha value is -1.75. The lowest BCUT2D eigenvalue weighted by atomic mass is 10.0. The molecular weight excluding hydrogens is 270 g/mol. The van der Waals surface area contributed by atoms with Crippen molar-refractivity contribution in [3.05, 3.63) is 23.8 Å². The van der Waals surface area contributed by atoms with E-state index in [1.807, 2.05) is 26.8 Å². The van der Waals surface area contributed by atoms with Crippen molar-refractivity contribution in [3.63, 3.8) is 0 Å². The Balaban J connectivity index is 2.86. The first-order valence-corrected chi connectivity index (χ1v) is 7.06. The average molecular weight is 295 g/mol. The monoisotopic (exact) mass is 295 g/mol. The first-order valence-electron chi connectivity index (χ1n) is 7.06. The summed E-state index contributed by atoms with van der Waals surface area (Å²) in [6, 6.07) is 5.41. The molecule has 1 unspecified atom stereocenters. The minimum Gasteiger partial charge on any atom is -0.497 e. The summed E-state index contributed by atoms with van der Waals surface area (Å²) < 4.78 is 10.4. The molecule has 0 fully saturated rings. The van der Waals surface area contributed by atoms with Crippen LogP contribution >= 0.6 is 0 Å². The van der Waals surface area contributed by atoms with Crippen molar-refractivity contribution in [3.8, 4) is 5.75 Å². The fraction of sp³-hybridized carbons (Fsp3) is 0.562. The van der Waals surface area contributed by atoms with Gasteiger partial charge in [-0.25, -0.2) is 4.79 Å². The van der Waals surface area contributed by atoms with Crippen molar-refractivity contribution in [2.24, 2.45) is 0 Å². The molecule has 21 heavy (non-hydrogen) atoms. The number of carbonyl (C=O) groups is 1. The van der Waals surface area contributed by atoms with Crippen LogP contribution in [-0.4, -0.2) is 30.0 Å². The first kappa shape index (κ1) is 17.3. The highest BCUT2D eigenvalue weighted by atomic mass is 16.6. The SMILES string of the molecule is COc1ccc(NC(=O)OC(C)(C)C)c(CCC(C)O)c1. The lowest BCUT2D eigenvalue weighted by molar-refractivity contribution is 0.0636. The minimum absolute atomic E-state index is 0.398. The summed E-state index contributed by atoms with van der Waals surface area (Å²) in [5.74, 6) is 0.713. The topological polar surface area (TPSA) is 67.8 Å². The van der Waals surface area contributed by atoms with Crippen LogP contribution < -0.4 is 10.1 Å². The second kappa shape index (κ2) is 7.31. The highest BCUT2D eigenvalue weighted by molar-refractivity contribution is 5.86. The molecule has 1 aromatic carbocycles. The standard InChI is InChI=1S/C16H25NO4/c1-11(18)6-7-12-10-13(20-5)8-9-14(12)17-15(19)21-16(2,3)4/h8-11,18H,6-7H2,1-5H3,(H,17,19). The molecule has 5 nitrogen and oxygen atoms in total. The number of hydrogen-bond donors (Lipinski definition) is 2. The Morgan fingerprint density at radius 1 is 1.38 bits per heavy atom. The molecule has 0 bridgehead atoms. The van der Waals surface area contributed by atoms with Gasteiger partial charge in [0.05, 0.1) is 13.2 Å². The lowest BCUT2D eigenvalue weighted by Gasteiger charge is -2.20. The molecule has 0 saturated heterocycles. The van der Waals surface area contributed by atoms with Crippen molar-refractivity contribution in [1.29, 1.82) is 0 Å². The Bertz CT molecular complexity index is 478. The normalized spacial score (nSPS) is 12.7. The molecular formula is C16H25NO4. The second-order valence-corrected chi connectivity index (χ2v) is 6.04. The number of aliphatic hydroxyl groups excluding tert-OH is 1. The van der Waals surface area contributed by atoms with Crippen molar-refractivity contribution in [2.75, 3.05) is 12.4 Å². The smallest absolute Gasteiger partial charge is 0.412 e. The van der Waals surface area contributed by atoms with E-state index in [0.717, 1.165) is 5.56 Å². The van der Waals surface area contributed by atoms with Crippen LogP contribution in [0.25, 0.3) is 0 Å². The van der Waals surface area contributed by atoms with Gasteiger partial charge in [-0.05, 0) is 64.3 Å². The van der Waals surface area contributed by atoms with Crippen LogP contribution in [0.1, 0.15) is 39.7 Å². The van der Waals surface area contributed by atoms with Gasteiger partial charge in [0.15, 0.2) is 0 Å². The number of rotatable bonds is 5. The number of methoxy groups -OCH3 is 1. The van der Waals surface area contributed by atoms with Crippen molar-refractivity contribution < 1.29 is 19.4 Å². The summed E-state index contributed by atoms with van der Waals surface area (Å²) in [6.45, 7) is 7.18. The first-order chi connectivity index (χ1) is 9.71. The van der Waals surface area contributed by atoms with E-state index in [1.165, 1.54) is 0 Å². The summed E-state index contributed by atoms with van der Waals surface area (Å²) in [5.41, 5.74) is 1.03. The molecule has 0 radical (unpaired) electrons. The van der Waals surface area contributed by atoms with Gasteiger partial charge in [-0.2, -0.15) is 0 Å². The van der Waals surface area contributed by atoms with Crippen LogP contribution in [-0.2, 0) is 11.2 Å². The third kappa shape index (κ3) is 6.49. The van der Waals surface area contributed by atoms with Crippen LogP contribution in [0.3, 0.4) is 0 Å². The van der Waals surface area contributed by atoms with Gasteiger partial charge in [0.25, 0.3) is 0 Å². The van der Waals surface area contributed by atoms with Gasteiger partial charge in [-0.3, -0.25) is 5.32 Å². The van der Waals surface area contributed by atoms with Gasteiger partial charge in [0.2, 0.25) is 0 Å². The molecule has 1 aromatic rings. The number of carbonyl (C=O) groups excluding carboxylic acids is 1. The molecule has 2 N–H and O–H groups in total. The molecule has 0 aliphatic heterocycles. The van der Waals surface area contributed by atoms with Gasteiger partial charge >= 0.3 is 6.09 Å². The Morgan fingerprint density at radius 2 is 2.05 bits per heavy atom. The summed E-state index contributed by atoms with van der Waals surface area (Å²) in [5, 5.41) is 12.2. The van der Waals surface area contributed by atoms with E-state index in [9.17, 15) is 9.90 Å². The van der Waals surface area contributed by atoms with Gasteiger partial charge in [-0.1, -0.05) is 0 Å². The number of aryl methyl sites for hydroxylation is 1. The average Bonchev–Trinajstić information content (AvgIpc) is 2.35. The van der Waals surface area contributed by atoms with E-state index in [-0.39, 0.29) is 0 Å². The predicted octanol–water partition coefficient (Wildman–Crippen LogP) is 3.36. The van der Waals surface area contributed by atoms with Crippen molar-refractivity contribution in [1.82, 2.24) is 0 Å². The highest BCUT2D eigenvalue weighted by Gasteiger charge is 2.17. The van der Waals surface area contributed by atoms with E-state index in [1.54, 1.807) is 26.2 Å². The molecule has 0 aliphatic carbocycles. The number of benzene rings is 1. The highest BCUT2D eigenvalue weighted by Crippen LogP contribution is 2.24. The van der Waals surface area contributed by atoms with Crippen LogP contribution in [0.4, 0.5) is 10.5 Å². The molecule has 0 heterocycles. The third-order valence-electron chi connectivity index (χ3n) is 2.78. The number of aliphatic hydroxyl groups is 1. The maximum Gasteiger partial charge on any atom is 0.412 e. The number of ether oxygens (including phenoxy) is 2. The summed E-state index contributed by atoms with van der Waals surface area (Å²) in [6.07, 6.45) is 0.354. The largest absolute Gasteiger partial charge is 0.497 e. The molecule has 0 spiro atoms. The van der Waals surface area contributed by atoms with Crippen LogP contribution in [0.2, 0.25) is 0 Å². The Labute approximate surface area is 126 Å². The van der Waals surface area contributed by atoms with Gasteiger partial charge in [0, 0.05) is 5.69 Å². The molecule has 118 valence electrons. The minimum atomic E-state index is -0.545. The molecule has 5 heteroatoms. The Kier molecular flexibility index (Phi) is 6.03. The third-order valence-corrected chi connectivity index (χ3v) is 2.78. The fourth-order valence-electron chi connectivity index (χ4n) is 1.80. The predicted molar refractivity (Wildman–Crippen MR) is 82.9 cm³/mol.